The lowest BCUT2D eigenvalue weighted by molar-refractivity contribution is 0.176. The first-order valence-corrected chi connectivity index (χ1v) is 10.2. The molecule has 0 spiro atoms. The van der Waals surface area contributed by atoms with Crippen LogP contribution in [0.15, 0.2) is 47.5 Å². The molecule has 7 heteroatoms. The first kappa shape index (κ1) is 21.2. The molecule has 0 aliphatic rings. The summed E-state index contributed by atoms with van der Waals surface area (Å²) >= 11 is 1.62. The minimum atomic E-state index is -0.993. The van der Waals surface area contributed by atoms with Crippen LogP contribution in [0.4, 0.5) is 8.78 Å². The van der Waals surface area contributed by atoms with Crippen LogP contribution in [-0.4, -0.2) is 30.4 Å². The molecule has 0 heterocycles. The van der Waals surface area contributed by atoms with Gasteiger partial charge in [-0.05, 0) is 42.5 Å². The molecule has 2 rings (SSSR count). The molecule has 0 aliphatic heterocycles. The van der Waals surface area contributed by atoms with Gasteiger partial charge in [-0.25, -0.2) is 13.8 Å². The maximum Gasteiger partial charge on any atom is 0.191 e. The second-order valence-electron chi connectivity index (χ2n) is 5.96. The number of nitrogens with zero attached hydrogens (tertiary/aromatic N) is 1. The number of thioether (sulfide) groups is 1. The van der Waals surface area contributed by atoms with Crippen molar-refractivity contribution in [1.29, 1.82) is 0 Å². The highest BCUT2D eigenvalue weighted by Crippen LogP contribution is 2.18. The summed E-state index contributed by atoms with van der Waals surface area (Å²) in [4.78, 5) is 4.50. The Hall–Kier alpha value is -2.12. The van der Waals surface area contributed by atoms with Crippen molar-refractivity contribution in [2.24, 2.45) is 4.99 Å². The van der Waals surface area contributed by atoms with Gasteiger partial charge in [-0.15, -0.1) is 0 Å². The zero-order valence-electron chi connectivity index (χ0n) is 15.5. The summed E-state index contributed by atoms with van der Waals surface area (Å²) in [5, 5.41) is 16.3. The van der Waals surface area contributed by atoms with Crippen LogP contribution in [0.5, 0.6) is 0 Å². The van der Waals surface area contributed by atoms with E-state index in [4.69, 9.17) is 0 Å². The lowest BCUT2D eigenvalue weighted by Gasteiger charge is -2.16. The molecule has 1 atom stereocenters. The summed E-state index contributed by atoms with van der Waals surface area (Å²) in [6.07, 6.45) is 0.973. The molecule has 27 heavy (non-hydrogen) atoms. The first-order chi connectivity index (χ1) is 13.0. The smallest absolute Gasteiger partial charge is 0.191 e. The summed E-state index contributed by atoms with van der Waals surface area (Å²) < 4.78 is 27.2. The number of halogens is 2. The van der Waals surface area contributed by atoms with Gasteiger partial charge < -0.3 is 15.7 Å². The van der Waals surface area contributed by atoms with Crippen LogP contribution in [0, 0.1) is 11.6 Å². The molecule has 0 aliphatic carbocycles. The third kappa shape index (κ3) is 6.52. The average Bonchev–Trinajstić information content (AvgIpc) is 2.65. The van der Waals surface area contributed by atoms with E-state index in [0.717, 1.165) is 11.1 Å². The highest BCUT2D eigenvalue weighted by Gasteiger charge is 2.12. The van der Waals surface area contributed by atoms with Crippen molar-refractivity contribution >= 4 is 17.7 Å². The van der Waals surface area contributed by atoms with Gasteiger partial charge in [0.05, 0.1) is 12.6 Å². The molecule has 3 N–H and O–H groups in total. The monoisotopic (exact) mass is 393 g/mol. The number of aliphatic hydroxyl groups is 1. The normalized spacial score (nSPS) is 12.7. The first-order valence-electron chi connectivity index (χ1n) is 8.76. The fraction of sp³-hybridized carbons (Fsp3) is 0.350. The Kier molecular flexibility index (Phi) is 8.54. The molecular weight excluding hydrogens is 368 g/mol. The van der Waals surface area contributed by atoms with Gasteiger partial charge in [-0.2, -0.15) is 11.8 Å². The van der Waals surface area contributed by atoms with E-state index in [2.05, 4.69) is 15.6 Å². The van der Waals surface area contributed by atoms with E-state index in [1.807, 2.05) is 13.2 Å². The predicted octanol–water partition coefficient (Wildman–Crippen LogP) is 3.62. The molecular formula is C20H25F2N3OS. The lowest BCUT2D eigenvalue weighted by Crippen LogP contribution is -2.39. The molecule has 0 fully saturated rings. The van der Waals surface area contributed by atoms with E-state index < -0.39 is 11.9 Å². The Morgan fingerprint density at radius 1 is 1.15 bits per heavy atom. The fourth-order valence-electron chi connectivity index (χ4n) is 2.59. The summed E-state index contributed by atoms with van der Waals surface area (Å²) in [6.45, 7) is 3.07. The fourth-order valence-corrected chi connectivity index (χ4v) is 3.17. The Labute approximate surface area is 163 Å². The van der Waals surface area contributed by atoms with Gasteiger partial charge in [-0.1, -0.05) is 24.3 Å². The van der Waals surface area contributed by atoms with E-state index in [9.17, 15) is 13.9 Å². The van der Waals surface area contributed by atoms with Crippen LogP contribution in [-0.2, 0) is 12.3 Å². The Balaban J connectivity index is 2.05. The van der Waals surface area contributed by atoms with Crippen molar-refractivity contribution in [3.63, 3.8) is 0 Å². The molecule has 0 saturated heterocycles. The second-order valence-corrected chi connectivity index (χ2v) is 6.83. The summed E-state index contributed by atoms with van der Waals surface area (Å²) in [5.41, 5.74) is 2.09. The molecule has 0 radical (unpaired) electrons. The van der Waals surface area contributed by atoms with E-state index in [1.54, 1.807) is 36.0 Å². The summed E-state index contributed by atoms with van der Waals surface area (Å²) in [5.74, 6) is 0.511. The molecule has 1 unspecified atom stereocenters. The average molecular weight is 394 g/mol. The number of nitrogens with one attached hydrogen (secondary N) is 2. The molecule has 146 valence electrons. The number of aliphatic hydroxyl groups excluding tert-OH is 1. The van der Waals surface area contributed by atoms with Crippen molar-refractivity contribution < 1.29 is 13.9 Å². The lowest BCUT2D eigenvalue weighted by atomic mass is 10.1. The molecule has 0 amide bonds. The Morgan fingerprint density at radius 2 is 1.93 bits per heavy atom. The molecule has 4 nitrogen and oxygen atoms in total. The van der Waals surface area contributed by atoms with Crippen molar-refractivity contribution in [2.75, 3.05) is 19.3 Å². The SMILES string of the molecule is CCNC(=NCc1ccc(F)cc1CSC)NCC(O)c1ccccc1F. The Bertz CT molecular complexity index is 771. The standard InChI is InChI=1S/C20H25F2N3OS/c1-3-23-20(25-12-19(26)17-6-4-5-7-18(17)22)24-11-14-8-9-16(21)10-15(14)13-27-2/h4-10,19,26H,3,11-13H2,1-2H3,(H2,23,24,25). The van der Waals surface area contributed by atoms with Crippen LogP contribution >= 0.6 is 11.8 Å². The van der Waals surface area contributed by atoms with Crippen LogP contribution in [0.2, 0.25) is 0 Å². The van der Waals surface area contributed by atoms with Crippen molar-refractivity contribution in [2.45, 2.75) is 25.3 Å². The second kappa shape index (κ2) is 10.9. The van der Waals surface area contributed by atoms with Gasteiger partial charge in [0.25, 0.3) is 0 Å². The van der Waals surface area contributed by atoms with Crippen LogP contribution in [0.25, 0.3) is 0 Å². The number of guanidine groups is 1. The third-order valence-electron chi connectivity index (χ3n) is 3.95. The van der Waals surface area contributed by atoms with Crippen molar-refractivity contribution in [3.05, 3.63) is 70.8 Å². The highest BCUT2D eigenvalue weighted by molar-refractivity contribution is 7.97. The summed E-state index contributed by atoms with van der Waals surface area (Å²) in [6, 6.07) is 10.8. The van der Waals surface area contributed by atoms with Crippen LogP contribution < -0.4 is 10.6 Å². The number of benzene rings is 2. The van der Waals surface area contributed by atoms with Gasteiger partial charge in [-0.3, -0.25) is 0 Å². The molecule has 0 saturated carbocycles. The van der Waals surface area contributed by atoms with Crippen molar-refractivity contribution in [3.8, 4) is 0 Å². The van der Waals surface area contributed by atoms with E-state index in [0.29, 0.717) is 24.8 Å². The molecule has 0 bridgehead atoms. The maximum absolute atomic E-state index is 13.8. The summed E-state index contributed by atoms with van der Waals surface area (Å²) in [7, 11) is 0. The predicted molar refractivity (Wildman–Crippen MR) is 108 cm³/mol. The zero-order valence-corrected chi connectivity index (χ0v) is 16.3. The number of hydrogen-bond acceptors (Lipinski definition) is 3. The van der Waals surface area contributed by atoms with Gasteiger partial charge >= 0.3 is 0 Å². The van der Waals surface area contributed by atoms with Crippen LogP contribution in [0.3, 0.4) is 0 Å². The van der Waals surface area contributed by atoms with E-state index in [-0.39, 0.29) is 17.9 Å². The van der Waals surface area contributed by atoms with Gasteiger partial charge in [0, 0.05) is 24.4 Å². The maximum atomic E-state index is 13.8. The van der Waals surface area contributed by atoms with Gasteiger partial charge in [0.2, 0.25) is 0 Å². The number of rotatable bonds is 8. The largest absolute Gasteiger partial charge is 0.386 e. The minimum absolute atomic E-state index is 0.119. The van der Waals surface area contributed by atoms with E-state index in [1.165, 1.54) is 18.2 Å². The van der Waals surface area contributed by atoms with Crippen molar-refractivity contribution in [1.82, 2.24) is 10.6 Å². The van der Waals surface area contributed by atoms with Crippen LogP contribution in [0.1, 0.15) is 29.7 Å². The van der Waals surface area contributed by atoms with Gasteiger partial charge in [0.1, 0.15) is 11.6 Å². The highest BCUT2D eigenvalue weighted by atomic mass is 32.2. The molecule has 2 aromatic rings. The topological polar surface area (TPSA) is 56.7 Å². The minimum Gasteiger partial charge on any atom is -0.386 e. The Morgan fingerprint density at radius 3 is 2.63 bits per heavy atom. The molecule has 2 aromatic carbocycles. The van der Waals surface area contributed by atoms with Gasteiger partial charge in [0.15, 0.2) is 5.96 Å². The third-order valence-corrected chi connectivity index (χ3v) is 4.55. The number of hydrogen-bond donors (Lipinski definition) is 3. The molecule has 0 aromatic heterocycles. The quantitative estimate of drug-likeness (QED) is 0.474. The zero-order chi connectivity index (χ0) is 19.6. The van der Waals surface area contributed by atoms with E-state index >= 15 is 0 Å². The number of aliphatic imine (C=N–C) groups is 1.